The van der Waals surface area contributed by atoms with E-state index in [1.807, 2.05) is 0 Å². The van der Waals surface area contributed by atoms with Crippen LogP contribution in [-0.4, -0.2) is 12.6 Å². The van der Waals surface area contributed by atoms with E-state index in [1.54, 1.807) is 11.3 Å². The van der Waals surface area contributed by atoms with Gasteiger partial charge in [0, 0.05) is 12.5 Å². The summed E-state index contributed by atoms with van der Waals surface area (Å²) in [7, 11) is 0. The van der Waals surface area contributed by atoms with Crippen LogP contribution < -0.4 is 5.32 Å². The second kappa shape index (κ2) is 5.80. The van der Waals surface area contributed by atoms with Gasteiger partial charge in [0.25, 0.3) is 0 Å². The third kappa shape index (κ3) is 3.63. The lowest BCUT2D eigenvalue weighted by Crippen LogP contribution is -2.30. The molecule has 1 rings (SSSR count). The van der Waals surface area contributed by atoms with E-state index in [0.29, 0.717) is 6.04 Å². The van der Waals surface area contributed by atoms with Gasteiger partial charge in [-0.1, -0.05) is 6.92 Å². The molecule has 70 valence electrons. The van der Waals surface area contributed by atoms with Crippen molar-refractivity contribution in [2.45, 2.75) is 25.8 Å². The average molecular weight is 193 g/mol. The molecule has 0 spiro atoms. The first kappa shape index (κ1) is 10.3. The van der Waals surface area contributed by atoms with E-state index in [9.17, 15) is 0 Å². The number of rotatable bonds is 5. The van der Waals surface area contributed by atoms with Gasteiger partial charge < -0.3 is 5.32 Å². The second-order valence-electron chi connectivity index (χ2n) is 3.00. The first-order chi connectivity index (χ1) is 6.36. The van der Waals surface area contributed by atoms with E-state index < -0.39 is 0 Å². The number of hydrogen-bond donors (Lipinski definition) is 1. The van der Waals surface area contributed by atoms with Gasteiger partial charge in [0.2, 0.25) is 0 Å². The van der Waals surface area contributed by atoms with Crippen molar-refractivity contribution in [1.29, 1.82) is 0 Å². The molecule has 1 aromatic rings. The number of hydrogen-bond acceptors (Lipinski definition) is 2. The molecule has 0 fully saturated rings. The molecule has 0 radical (unpaired) electrons. The van der Waals surface area contributed by atoms with Crippen molar-refractivity contribution in [3.63, 3.8) is 0 Å². The molecule has 1 unspecified atom stereocenters. The van der Waals surface area contributed by atoms with Crippen LogP contribution in [0.4, 0.5) is 0 Å². The Kier molecular flexibility index (Phi) is 4.59. The highest BCUT2D eigenvalue weighted by Gasteiger charge is 2.06. The lowest BCUT2D eigenvalue weighted by Gasteiger charge is -2.13. The molecule has 1 atom stereocenters. The highest BCUT2D eigenvalue weighted by molar-refractivity contribution is 7.07. The SMILES string of the molecule is C#CCC(Cc1ccsc1)NCC. The minimum Gasteiger partial charge on any atom is -0.313 e. The van der Waals surface area contributed by atoms with Gasteiger partial charge in [-0.25, -0.2) is 0 Å². The first-order valence-corrected chi connectivity index (χ1v) is 5.49. The number of terminal acetylenes is 1. The van der Waals surface area contributed by atoms with Gasteiger partial charge >= 0.3 is 0 Å². The molecule has 13 heavy (non-hydrogen) atoms. The van der Waals surface area contributed by atoms with Crippen molar-refractivity contribution < 1.29 is 0 Å². The quantitative estimate of drug-likeness (QED) is 0.707. The fraction of sp³-hybridized carbons (Fsp3) is 0.455. The lowest BCUT2D eigenvalue weighted by atomic mass is 10.1. The maximum absolute atomic E-state index is 5.30. The summed E-state index contributed by atoms with van der Waals surface area (Å²) in [6.45, 7) is 3.09. The number of likely N-dealkylation sites (N-methyl/N-ethyl adjacent to an activating group) is 1. The predicted octanol–water partition coefficient (Wildman–Crippen LogP) is 2.29. The lowest BCUT2D eigenvalue weighted by molar-refractivity contribution is 0.536. The van der Waals surface area contributed by atoms with Crippen molar-refractivity contribution in [3.05, 3.63) is 22.4 Å². The van der Waals surface area contributed by atoms with Crippen LogP contribution in [0.15, 0.2) is 16.8 Å². The van der Waals surface area contributed by atoms with Crippen LogP contribution >= 0.6 is 11.3 Å². The maximum Gasteiger partial charge on any atom is 0.0243 e. The van der Waals surface area contributed by atoms with E-state index in [-0.39, 0.29) is 0 Å². The van der Waals surface area contributed by atoms with Crippen molar-refractivity contribution in [2.75, 3.05) is 6.54 Å². The molecule has 0 saturated carbocycles. The smallest absolute Gasteiger partial charge is 0.0243 e. The molecular weight excluding hydrogens is 178 g/mol. The molecule has 0 aliphatic heterocycles. The molecule has 1 aromatic heterocycles. The zero-order valence-corrected chi connectivity index (χ0v) is 8.73. The summed E-state index contributed by atoms with van der Waals surface area (Å²) in [6, 6.07) is 2.59. The molecule has 1 N–H and O–H groups in total. The van der Waals surface area contributed by atoms with Gasteiger partial charge in [0.1, 0.15) is 0 Å². The van der Waals surface area contributed by atoms with E-state index in [0.717, 1.165) is 19.4 Å². The Balaban J connectivity index is 2.43. The Bertz CT molecular complexity index is 258. The fourth-order valence-corrected chi connectivity index (χ4v) is 2.02. The second-order valence-corrected chi connectivity index (χ2v) is 3.78. The largest absolute Gasteiger partial charge is 0.313 e. The third-order valence-electron chi connectivity index (χ3n) is 1.92. The van der Waals surface area contributed by atoms with Crippen LogP contribution in [0, 0.1) is 12.3 Å². The van der Waals surface area contributed by atoms with Crippen molar-refractivity contribution >= 4 is 11.3 Å². The standard InChI is InChI=1S/C11H15NS/c1-3-5-11(12-4-2)8-10-6-7-13-9-10/h1,6-7,9,11-12H,4-5,8H2,2H3. The van der Waals surface area contributed by atoms with Crippen LogP contribution in [0.3, 0.4) is 0 Å². The third-order valence-corrected chi connectivity index (χ3v) is 2.65. The maximum atomic E-state index is 5.30. The summed E-state index contributed by atoms with van der Waals surface area (Å²) in [6.07, 6.45) is 7.15. The van der Waals surface area contributed by atoms with Crippen molar-refractivity contribution in [2.24, 2.45) is 0 Å². The molecule has 0 aliphatic rings. The van der Waals surface area contributed by atoms with Crippen LogP contribution in [0.2, 0.25) is 0 Å². The van der Waals surface area contributed by atoms with Gasteiger partial charge in [0.15, 0.2) is 0 Å². The molecule has 0 aromatic carbocycles. The van der Waals surface area contributed by atoms with Gasteiger partial charge in [0.05, 0.1) is 0 Å². The highest BCUT2D eigenvalue weighted by Crippen LogP contribution is 2.09. The summed E-state index contributed by atoms with van der Waals surface area (Å²) in [5, 5.41) is 7.67. The molecule has 0 aliphatic carbocycles. The molecule has 0 bridgehead atoms. The summed E-state index contributed by atoms with van der Waals surface area (Å²) in [4.78, 5) is 0. The minimum atomic E-state index is 0.435. The molecule has 1 heterocycles. The van der Waals surface area contributed by atoms with E-state index in [2.05, 4.69) is 35.0 Å². The summed E-state index contributed by atoms with van der Waals surface area (Å²) < 4.78 is 0. The molecule has 2 heteroatoms. The van der Waals surface area contributed by atoms with Gasteiger partial charge in [-0.2, -0.15) is 11.3 Å². The predicted molar refractivity (Wildman–Crippen MR) is 58.9 cm³/mol. The number of nitrogens with one attached hydrogen (secondary N) is 1. The van der Waals surface area contributed by atoms with E-state index in [1.165, 1.54) is 5.56 Å². The van der Waals surface area contributed by atoms with Gasteiger partial charge in [-0.05, 0) is 35.4 Å². The zero-order chi connectivity index (χ0) is 9.52. The van der Waals surface area contributed by atoms with E-state index in [4.69, 9.17) is 6.42 Å². The Morgan fingerprint density at radius 3 is 3.08 bits per heavy atom. The summed E-state index contributed by atoms with van der Waals surface area (Å²) in [5.74, 6) is 2.71. The molecule has 0 saturated heterocycles. The van der Waals surface area contributed by atoms with Crippen LogP contribution in [0.25, 0.3) is 0 Å². The minimum absolute atomic E-state index is 0.435. The zero-order valence-electron chi connectivity index (χ0n) is 7.92. The summed E-state index contributed by atoms with van der Waals surface area (Å²) in [5.41, 5.74) is 1.38. The van der Waals surface area contributed by atoms with E-state index >= 15 is 0 Å². The van der Waals surface area contributed by atoms with Gasteiger partial charge in [-0.3, -0.25) is 0 Å². The Hall–Kier alpha value is -0.780. The van der Waals surface area contributed by atoms with Gasteiger partial charge in [-0.15, -0.1) is 12.3 Å². The number of thiophene rings is 1. The normalized spacial score (nSPS) is 12.3. The van der Waals surface area contributed by atoms with Crippen molar-refractivity contribution in [1.82, 2.24) is 5.32 Å². The topological polar surface area (TPSA) is 12.0 Å². The van der Waals surface area contributed by atoms with Crippen LogP contribution in [0.5, 0.6) is 0 Å². The highest BCUT2D eigenvalue weighted by atomic mass is 32.1. The molecule has 0 amide bonds. The van der Waals surface area contributed by atoms with Crippen LogP contribution in [-0.2, 0) is 6.42 Å². The monoisotopic (exact) mass is 193 g/mol. The Labute approximate surface area is 84.2 Å². The summed E-state index contributed by atoms with van der Waals surface area (Å²) >= 11 is 1.74. The fourth-order valence-electron chi connectivity index (χ4n) is 1.34. The van der Waals surface area contributed by atoms with Crippen LogP contribution in [0.1, 0.15) is 18.9 Å². The first-order valence-electron chi connectivity index (χ1n) is 4.54. The Morgan fingerprint density at radius 1 is 1.69 bits per heavy atom. The Morgan fingerprint density at radius 2 is 2.54 bits per heavy atom. The molecular formula is C11H15NS. The molecule has 1 nitrogen and oxygen atoms in total. The average Bonchev–Trinajstić information content (AvgIpc) is 2.58. The van der Waals surface area contributed by atoms with Crippen molar-refractivity contribution in [3.8, 4) is 12.3 Å².